The summed E-state index contributed by atoms with van der Waals surface area (Å²) in [6.45, 7) is 6.11. The summed E-state index contributed by atoms with van der Waals surface area (Å²) < 4.78 is 34.1. The average Bonchev–Trinajstić information content (AvgIpc) is 2.84. The molecule has 1 unspecified atom stereocenters. The smallest absolute Gasteiger partial charge is 0.261 e. The Morgan fingerprint density at radius 1 is 0.971 bits per heavy atom. The van der Waals surface area contributed by atoms with Crippen molar-refractivity contribution < 1.29 is 17.9 Å². The second-order valence-electron chi connectivity index (χ2n) is 8.76. The highest BCUT2D eigenvalue weighted by molar-refractivity contribution is 7.92. The van der Waals surface area contributed by atoms with Gasteiger partial charge in [-0.2, -0.15) is 0 Å². The van der Waals surface area contributed by atoms with E-state index in [4.69, 9.17) is 4.74 Å². The van der Waals surface area contributed by atoms with Crippen LogP contribution in [0.15, 0.2) is 77.7 Å². The minimum atomic E-state index is -3.70. The molecule has 178 valence electrons. The number of nitrogens with one attached hydrogen (secondary N) is 2. The third kappa shape index (κ3) is 4.94. The van der Waals surface area contributed by atoms with Gasteiger partial charge in [0.1, 0.15) is 11.4 Å². The number of fused-ring (bicyclic) bond motifs is 1. The van der Waals surface area contributed by atoms with Crippen LogP contribution in [0.3, 0.4) is 0 Å². The van der Waals surface area contributed by atoms with Crippen LogP contribution in [0, 0.1) is 6.92 Å². The molecule has 0 spiro atoms. The second kappa shape index (κ2) is 9.50. The maximum absolute atomic E-state index is 13.1. The summed E-state index contributed by atoms with van der Waals surface area (Å²) in [4.78, 5) is 13.3. The van der Waals surface area contributed by atoms with Gasteiger partial charge in [0.05, 0.1) is 10.9 Å². The van der Waals surface area contributed by atoms with Crippen molar-refractivity contribution in [2.45, 2.75) is 56.6 Å². The van der Waals surface area contributed by atoms with Crippen LogP contribution in [0.2, 0.25) is 0 Å². The van der Waals surface area contributed by atoms with Crippen molar-refractivity contribution in [3.8, 4) is 5.75 Å². The number of hydrogen-bond donors (Lipinski definition) is 2. The zero-order chi connectivity index (χ0) is 24.3. The Bertz CT molecular complexity index is 1260. The molecule has 1 heterocycles. The predicted molar refractivity (Wildman–Crippen MR) is 134 cm³/mol. The van der Waals surface area contributed by atoms with E-state index in [0.717, 1.165) is 29.7 Å². The predicted octanol–water partition coefficient (Wildman–Crippen LogP) is 5.61. The van der Waals surface area contributed by atoms with Gasteiger partial charge in [-0.3, -0.25) is 9.52 Å². The minimum Gasteiger partial charge on any atom is -0.487 e. The number of amides is 1. The van der Waals surface area contributed by atoms with Crippen LogP contribution in [-0.2, 0) is 10.0 Å². The molecule has 0 aliphatic carbocycles. The minimum absolute atomic E-state index is 0.169. The summed E-state index contributed by atoms with van der Waals surface area (Å²) >= 11 is 0. The Morgan fingerprint density at radius 2 is 1.62 bits per heavy atom. The molecule has 4 rings (SSSR count). The van der Waals surface area contributed by atoms with Crippen molar-refractivity contribution in [2.75, 3.05) is 4.72 Å². The normalized spacial score (nSPS) is 16.7. The first-order chi connectivity index (χ1) is 16.2. The van der Waals surface area contributed by atoms with Gasteiger partial charge in [-0.25, -0.2) is 8.42 Å². The maximum atomic E-state index is 13.1. The number of ether oxygens (including phenoxy) is 1. The van der Waals surface area contributed by atoms with Gasteiger partial charge in [0.15, 0.2) is 0 Å². The summed E-state index contributed by atoms with van der Waals surface area (Å²) in [5, 5.41) is 3.16. The second-order valence-corrected chi connectivity index (χ2v) is 10.4. The first-order valence-electron chi connectivity index (χ1n) is 11.5. The van der Waals surface area contributed by atoms with E-state index in [1.165, 1.54) is 0 Å². The fourth-order valence-corrected chi connectivity index (χ4v) is 5.35. The van der Waals surface area contributed by atoms with Gasteiger partial charge in [0.2, 0.25) is 0 Å². The van der Waals surface area contributed by atoms with Crippen LogP contribution in [-0.4, -0.2) is 19.9 Å². The quantitative estimate of drug-likeness (QED) is 0.462. The highest BCUT2D eigenvalue weighted by Gasteiger charge is 2.39. The molecule has 6 nitrogen and oxygen atoms in total. The number of benzene rings is 3. The largest absolute Gasteiger partial charge is 0.487 e. The Morgan fingerprint density at radius 3 is 2.26 bits per heavy atom. The van der Waals surface area contributed by atoms with Crippen LogP contribution in [0.4, 0.5) is 5.69 Å². The molecule has 1 atom stereocenters. The number of aryl methyl sites for hydroxylation is 1. The molecule has 1 amide bonds. The molecule has 0 fully saturated rings. The van der Waals surface area contributed by atoms with Crippen molar-refractivity contribution in [1.29, 1.82) is 0 Å². The van der Waals surface area contributed by atoms with E-state index in [2.05, 4.69) is 23.9 Å². The highest BCUT2D eigenvalue weighted by Crippen LogP contribution is 2.42. The fraction of sp³-hybridized carbons (Fsp3) is 0.296. The zero-order valence-corrected chi connectivity index (χ0v) is 20.5. The molecule has 0 saturated heterocycles. The highest BCUT2D eigenvalue weighted by atomic mass is 32.2. The van der Waals surface area contributed by atoms with Crippen LogP contribution in [0.5, 0.6) is 5.75 Å². The van der Waals surface area contributed by atoms with E-state index in [1.807, 2.05) is 31.2 Å². The summed E-state index contributed by atoms with van der Waals surface area (Å²) in [5.41, 5.74) is 2.49. The van der Waals surface area contributed by atoms with Gasteiger partial charge in [0, 0.05) is 23.2 Å². The van der Waals surface area contributed by atoms with E-state index >= 15 is 0 Å². The molecule has 34 heavy (non-hydrogen) atoms. The van der Waals surface area contributed by atoms with Gasteiger partial charge in [-0.1, -0.05) is 49.7 Å². The van der Waals surface area contributed by atoms with E-state index in [0.29, 0.717) is 17.7 Å². The van der Waals surface area contributed by atoms with Crippen molar-refractivity contribution in [2.24, 2.45) is 0 Å². The van der Waals surface area contributed by atoms with Crippen molar-refractivity contribution >= 4 is 21.6 Å². The lowest BCUT2D eigenvalue weighted by Gasteiger charge is -2.41. The standard InChI is InChI=1S/C27H30N2O4S/c1-4-27(5-2)18-24(23-8-6-7-9-25(23)33-27)28-26(30)20-12-14-21(15-13-20)29-34(31,32)22-16-10-19(3)11-17-22/h6-17,24,29H,4-5,18H2,1-3H3,(H,28,30). The van der Waals surface area contributed by atoms with Crippen molar-refractivity contribution in [3.63, 3.8) is 0 Å². The molecular formula is C27H30N2O4S. The topological polar surface area (TPSA) is 84.5 Å². The molecule has 0 saturated carbocycles. The lowest BCUT2D eigenvalue weighted by atomic mass is 9.83. The van der Waals surface area contributed by atoms with Crippen LogP contribution >= 0.6 is 0 Å². The Hall–Kier alpha value is -3.32. The molecule has 2 N–H and O–H groups in total. The Labute approximate surface area is 201 Å². The van der Waals surface area contributed by atoms with Crippen molar-refractivity contribution in [1.82, 2.24) is 5.32 Å². The lowest BCUT2D eigenvalue weighted by Crippen LogP contribution is -2.44. The number of hydrogen-bond acceptors (Lipinski definition) is 4. The number of para-hydroxylation sites is 1. The maximum Gasteiger partial charge on any atom is 0.261 e. The first kappa shape index (κ1) is 23.8. The first-order valence-corrected chi connectivity index (χ1v) is 13.0. The molecule has 0 aromatic heterocycles. The molecule has 0 radical (unpaired) electrons. The van der Waals surface area contributed by atoms with E-state index < -0.39 is 10.0 Å². The molecule has 0 bridgehead atoms. The SMILES string of the molecule is CCC1(CC)CC(NC(=O)c2ccc(NS(=O)(=O)c3ccc(C)cc3)cc2)c2ccccc2O1. The molecule has 3 aromatic carbocycles. The lowest BCUT2D eigenvalue weighted by molar-refractivity contribution is 0.0227. The van der Waals surface area contributed by atoms with Gasteiger partial charge >= 0.3 is 0 Å². The van der Waals surface area contributed by atoms with Gasteiger partial charge < -0.3 is 10.1 Å². The van der Waals surface area contributed by atoms with Gasteiger partial charge in [0.25, 0.3) is 15.9 Å². The van der Waals surface area contributed by atoms with Crippen molar-refractivity contribution in [3.05, 3.63) is 89.5 Å². The van der Waals surface area contributed by atoms with Crippen LogP contribution in [0.25, 0.3) is 0 Å². The van der Waals surface area contributed by atoms with E-state index in [-0.39, 0.29) is 22.4 Å². The van der Waals surface area contributed by atoms with E-state index in [1.54, 1.807) is 48.5 Å². The Balaban J connectivity index is 1.49. The number of carbonyl (C=O) groups is 1. The third-order valence-corrected chi connectivity index (χ3v) is 7.92. The molecule has 7 heteroatoms. The van der Waals surface area contributed by atoms with Crippen LogP contribution < -0.4 is 14.8 Å². The number of rotatable bonds is 7. The number of sulfonamides is 1. The monoisotopic (exact) mass is 478 g/mol. The summed E-state index contributed by atoms with van der Waals surface area (Å²) in [6.07, 6.45) is 2.39. The number of anilines is 1. The third-order valence-electron chi connectivity index (χ3n) is 6.52. The van der Waals surface area contributed by atoms with E-state index in [9.17, 15) is 13.2 Å². The zero-order valence-electron chi connectivity index (χ0n) is 19.7. The summed E-state index contributed by atoms with van der Waals surface area (Å²) in [6, 6.07) is 20.7. The fourth-order valence-electron chi connectivity index (χ4n) is 4.29. The molecule has 1 aliphatic rings. The summed E-state index contributed by atoms with van der Waals surface area (Å²) in [7, 11) is -3.70. The molecule has 1 aliphatic heterocycles. The summed E-state index contributed by atoms with van der Waals surface area (Å²) in [5.74, 6) is 0.597. The molecule has 3 aromatic rings. The average molecular weight is 479 g/mol. The Kier molecular flexibility index (Phi) is 6.66. The number of carbonyl (C=O) groups excluding carboxylic acids is 1. The molecular weight excluding hydrogens is 448 g/mol. The van der Waals surface area contributed by atoms with Gasteiger partial charge in [-0.15, -0.1) is 0 Å². The van der Waals surface area contributed by atoms with Crippen LogP contribution in [0.1, 0.15) is 60.6 Å². The van der Waals surface area contributed by atoms with Gasteiger partial charge in [-0.05, 0) is 62.2 Å².